The van der Waals surface area contributed by atoms with Crippen molar-refractivity contribution in [2.24, 2.45) is 5.92 Å². The number of rotatable bonds is 7. The lowest BCUT2D eigenvalue weighted by atomic mass is 9.77. The van der Waals surface area contributed by atoms with Crippen LogP contribution in [0.25, 0.3) is 11.4 Å². The van der Waals surface area contributed by atoms with Crippen LogP contribution in [-0.2, 0) is 6.42 Å². The summed E-state index contributed by atoms with van der Waals surface area (Å²) in [5.74, 6) is 0.804. The number of benzene rings is 2. The second kappa shape index (κ2) is 14.4. The molecule has 1 aliphatic carbocycles. The topological polar surface area (TPSA) is 35.0 Å². The highest BCUT2D eigenvalue weighted by Crippen LogP contribution is 2.37. The number of hydrogen-bond donors (Lipinski definition) is 0. The molecule has 3 aromatic rings. The average Bonchev–Trinajstić information content (AvgIpc) is 2.86. The number of aromatic nitrogens is 2. The quantitative estimate of drug-likeness (QED) is 0.316. The molecule has 2 aromatic carbocycles. The number of nitrogens with zero attached hydrogens (tertiary/aromatic N) is 2. The summed E-state index contributed by atoms with van der Waals surface area (Å²) in [6, 6.07) is 11.9. The molecule has 0 radical (unpaired) electrons. The molecule has 1 fully saturated rings. The summed E-state index contributed by atoms with van der Waals surface area (Å²) >= 11 is 0. The van der Waals surface area contributed by atoms with Crippen LogP contribution >= 0.6 is 0 Å². The van der Waals surface area contributed by atoms with E-state index < -0.39 is 11.6 Å². The molecular weight excluding hydrogens is 456 g/mol. The zero-order valence-corrected chi connectivity index (χ0v) is 20.4. The highest BCUT2D eigenvalue weighted by molar-refractivity contribution is 5.55. The van der Waals surface area contributed by atoms with Crippen LogP contribution in [0.2, 0.25) is 0 Å². The van der Waals surface area contributed by atoms with Gasteiger partial charge in [0.1, 0.15) is 5.82 Å². The highest BCUT2D eigenvalue weighted by Gasteiger charge is 2.22. The first-order chi connectivity index (χ1) is 16.5. The summed E-state index contributed by atoms with van der Waals surface area (Å²) in [5.41, 5.74) is 3.68. The zero-order chi connectivity index (χ0) is 24.3. The molecule has 0 unspecified atom stereocenters. The largest absolute Gasteiger partial charge is 0.494 e. The minimum Gasteiger partial charge on any atom is -0.494 e. The van der Waals surface area contributed by atoms with Gasteiger partial charge in [0, 0.05) is 24.0 Å². The molecule has 4 rings (SSSR count). The van der Waals surface area contributed by atoms with Gasteiger partial charge >= 0.3 is 0 Å². The molecule has 1 aromatic heterocycles. The minimum absolute atomic E-state index is 0. The fourth-order valence-corrected chi connectivity index (χ4v) is 4.41. The normalized spacial score (nSPS) is 17.1. The van der Waals surface area contributed by atoms with Gasteiger partial charge in [-0.15, -0.1) is 0 Å². The molecule has 1 aliphatic rings. The Balaban J connectivity index is 0.000000332. The second-order valence-corrected chi connectivity index (χ2v) is 8.76. The van der Waals surface area contributed by atoms with Gasteiger partial charge in [0.15, 0.2) is 17.4 Å². The predicted molar refractivity (Wildman–Crippen MR) is 132 cm³/mol. The van der Waals surface area contributed by atoms with Crippen molar-refractivity contribution >= 4 is 0 Å². The molecule has 190 valence electrons. The van der Waals surface area contributed by atoms with Crippen molar-refractivity contribution in [2.45, 2.75) is 57.8 Å². The fraction of sp³-hybridized carbons (Fsp3) is 0.429. The van der Waals surface area contributed by atoms with Crippen LogP contribution in [0.15, 0.2) is 54.9 Å². The second-order valence-electron chi connectivity index (χ2n) is 8.76. The van der Waals surface area contributed by atoms with E-state index in [4.69, 9.17) is 0 Å². The molecule has 1 heterocycles. The molecule has 3 nitrogen and oxygen atoms in total. The zero-order valence-electron chi connectivity index (χ0n) is 20.4. The average molecular weight is 491 g/mol. The molecule has 1 saturated carbocycles. The molecule has 7 heteroatoms. The van der Waals surface area contributed by atoms with Gasteiger partial charge in [-0.05, 0) is 73.6 Å². The lowest BCUT2D eigenvalue weighted by Gasteiger charge is -2.28. The Morgan fingerprint density at radius 3 is 2.14 bits per heavy atom. The van der Waals surface area contributed by atoms with Crippen LogP contribution in [0, 0.1) is 17.6 Å². The monoisotopic (exact) mass is 490 g/mol. The number of aryl methyl sites for hydroxylation is 1. The molecule has 0 amide bonds. The van der Waals surface area contributed by atoms with Crippen molar-refractivity contribution in [1.82, 2.24) is 9.97 Å². The number of methoxy groups -OCH3 is 1. The molecule has 0 saturated heterocycles. The van der Waals surface area contributed by atoms with Crippen molar-refractivity contribution in [2.75, 3.05) is 13.8 Å². The van der Waals surface area contributed by atoms with E-state index in [1.807, 2.05) is 12.4 Å². The van der Waals surface area contributed by atoms with E-state index in [1.165, 1.54) is 50.0 Å². The Hall–Kier alpha value is -2.96. The van der Waals surface area contributed by atoms with Gasteiger partial charge in [0.05, 0.1) is 13.8 Å². The highest BCUT2D eigenvalue weighted by atomic mass is 19.1. The van der Waals surface area contributed by atoms with Crippen LogP contribution in [0.5, 0.6) is 5.75 Å². The van der Waals surface area contributed by atoms with Gasteiger partial charge in [-0.2, -0.15) is 0 Å². The van der Waals surface area contributed by atoms with Crippen molar-refractivity contribution in [1.29, 1.82) is 0 Å². The number of halogens is 4. The fourth-order valence-electron chi connectivity index (χ4n) is 4.41. The van der Waals surface area contributed by atoms with Crippen molar-refractivity contribution < 1.29 is 22.6 Å². The van der Waals surface area contributed by atoms with E-state index in [2.05, 4.69) is 45.9 Å². The summed E-state index contributed by atoms with van der Waals surface area (Å²) in [7, 11) is 1.33. The number of hydrogen-bond acceptors (Lipinski definition) is 3. The van der Waals surface area contributed by atoms with Crippen LogP contribution in [0.1, 0.15) is 62.5 Å². The molecule has 0 N–H and O–H groups in total. The first-order valence-corrected chi connectivity index (χ1v) is 12.0. The summed E-state index contributed by atoms with van der Waals surface area (Å²) in [6.45, 7) is 2.00. The lowest BCUT2D eigenvalue weighted by molar-refractivity contribution is 0.283. The predicted octanol–water partition coefficient (Wildman–Crippen LogP) is 7.86. The van der Waals surface area contributed by atoms with Gasteiger partial charge in [0.2, 0.25) is 0 Å². The van der Waals surface area contributed by atoms with Crippen molar-refractivity contribution in [3.8, 4) is 17.1 Å². The van der Waals surface area contributed by atoms with E-state index in [1.54, 1.807) is 0 Å². The molecule has 35 heavy (non-hydrogen) atoms. The van der Waals surface area contributed by atoms with Crippen LogP contribution in [-0.4, -0.2) is 23.8 Å². The summed E-state index contributed by atoms with van der Waals surface area (Å²) in [5, 5.41) is 0. The molecule has 0 aliphatic heterocycles. The van der Waals surface area contributed by atoms with Crippen LogP contribution in [0.3, 0.4) is 0 Å². The summed E-state index contributed by atoms with van der Waals surface area (Å²) < 4.78 is 41.7. The summed E-state index contributed by atoms with van der Waals surface area (Å²) in [4.78, 5) is 8.99. The van der Waals surface area contributed by atoms with Gasteiger partial charge in [-0.1, -0.05) is 37.6 Å². The van der Waals surface area contributed by atoms with Crippen molar-refractivity contribution in [3.05, 3.63) is 77.6 Å². The van der Waals surface area contributed by atoms with E-state index in [0.717, 1.165) is 42.8 Å². The maximum atomic E-state index is 12.5. The third-order valence-corrected chi connectivity index (χ3v) is 6.36. The van der Waals surface area contributed by atoms with Gasteiger partial charge in [-0.3, -0.25) is 9.09 Å². The Morgan fingerprint density at radius 2 is 1.60 bits per heavy atom. The first-order valence-electron chi connectivity index (χ1n) is 12.0. The van der Waals surface area contributed by atoms with E-state index in [9.17, 15) is 13.2 Å². The Bertz CT molecular complexity index is 1000. The number of ether oxygens (including phenoxy) is 1. The number of alkyl halides is 1. The van der Waals surface area contributed by atoms with Gasteiger partial charge in [-0.25, -0.2) is 18.7 Å². The first kappa shape index (κ1) is 28.3. The Kier molecular flexibility index (Phi) is 11.7. The molecule has 0 atom stereocenters. The minimum atomic E-state index is -0.678. The van der Waals surface area contributed by atoms with Crippen molar-refractivity contribution in [3.63, 3.8) is 0 Å². The Labute approximate surface area is 205 Å². The third-order valence-electron chi connectivity index (χ3n) is 6.36. The smallest absolute Gasteiger partial charge is 0.167 e. The van der Waals surface area contributed by atoms with Gasteiger partial charge in [0.25, 0.3) is 0 Å². The molecular formula is C28H34F4N2O. The molecule has 0 bridgehead atoms. The maximum Gasteiger partial charge on any atom is 0.167 e. The van der Waals surface area contributed by atoms with Crippen LogP contribution < -0.4 is 4.74 Å². The van der Waals surface area contributed by atoms with E-state index in [-0.39, 0.29) is 17.1 Å². The lowest BCUT2D eigenvalue weighted by Crippen LogP contribution is -2.13. The summed E-state index contributed by atoms with van der Waals surface area (Å²) in [6.07, 6.45) is 11.5. The standard InChI is InChI=1S/C21H27FN2.C7H6F2O.FH/c1-2-3-17-14-23-21(24-15-17)20-10-8-19(9-11-20)18-6-4-16(5-7-18)12-13-22;1-10-7-3-2-5(8)4-6(7)9;/h8-11,14-16,18H,2-7,12-13H2,1H3;2-4H,1H3;1H. The van der Waals surface area contributed by atoms with Gasteiger partial charge < -0.3 is 4.74 Å². The third kappa shape index (κ3) is 8.34. The molecule has 0 spiro atoms. The Morgan fingerprint density at radius 1 is 0.943 bits per heavy atom. The van der Waals surface area contributed by atoms with E-state index >= 15 is 0 Å². The van der Waals surface area contributed by atoms with Crippen LogP contribution in [0.4, 0.5) is 17.9 Å². The van der Waals surface area contributed by atoms with E-state index in [0.29, 0.717) is 11.8 Å². The maximum absolute atomic E-state index is 12.5. The SMILES string of the molecule is CCCc1cnc(-c2ccc(C3CCC(CCF)CC3)cc2)nc1.COc1ccc(F)cc1F.F.